The van der Waals surface area contributed by atoms with Crippen LogP contribution in [-0.2, 0) is 10.1 Å². The average Bonchev–Trinajstić information content (AvgIpc) is 2.43. The molecule has 0 aromatic heterocycles. The molecular formula is C16H30NO3S+. The number of hydrogen-bond donors (Lipinski definition) is 1. The third kappa shape index (κ3) is 10.5. The van der Waals surface area contributed by atoms with E-state index in [1.807, 2.05) is 0 Å². The predicted molar refractivity (Wildman–Crippen MR) is 89.1 cm³/mol. The quantitative estimate of drug-likeness (QED) is 0.352. The normalized spacial score (nSPS) is 13.9. The first-order valence-electron chi connectivity index (χ1n) is 7.74. The van der Waals surface area contributed by atoms with Crippen LogP contribution in [0.3, 0.4) is 0 Å². The molecule has 0 atom stereocenters. The van der Waals surface area contributed by atoms with E-state index in [-0.39, 0.29) is 5.75 Å². The van der Waals surface area contributed by atoms with Gasteiger partial charge in [0.2, 0.25) is 0 Å². The average molecular weight is 316 g/mol. The lowest BCUT2D eigenvalue weighted by molar-refractivity contribution is -0.774. The molecule has 0 heterocycles. The molecule has 0 aliphatic heterocycles. The predicted octanol–water partition coefficient (Wildman–Crippen LogP) is 4.24. The Labute approximate surface area is 130 Å². The van der Waals surface area contributed by atoms with Crippen molar-refractivity contribution in [1.29, 1.82) is 0 Å². The monoisotopic (exact) mass is 316 g/mol. The van der Waals surface area contributed by atoms with Gasteiger partial charge >= 0.3 is 0 Å². The molecule has 0 saturated heterocycles. The van der Waals surface area contributed by atoms with E-state index in [1.54, 1.807) is 0 Å². The number of unbranched alkanes of at least 4 members (excludes halogenated alkanes) is 1. The molecule has 0 unspecified atom stereocenters. The smallest absolute Gasteiger partial charge is 0.264 e. The van der Waals surface area contributed by atoms with Gasteiger partial charge in [0.05, 0.1) is 12.3 Å². The summed E-state index contributed by atoms with van der Waals surface area (Å²) >= 11 is 0. The van der Waals surface area contributed by atoms with Crippen molar-refractivity contribution in [1.82, 2.24) is 0 Å². The molecule has 0 radical (unpaired) electrons. The van der Waals surface area contributed by atoms with E-state index >= 15 is 0 Å². The van der Waals surface area contributed by atoms with E-state index in [1.165, 1.54) is 0 Å². The molecule has 0 fully saturated rings. The zero-order valence-corrected chi connectivity index (χ0v) is 14.3. The Bertz CT molecular complexity index is 414. The molecule has 0 saturated carbocycles. The van der Waals surface area contributed by atoms with E-state index < -0.39 is 10.1 Å². The molecule has 122 valence electrons. The fourth-order valence-corrected chi connectivity index (χ4v) is 2.52. The summed E-state index contributed by atoms with van der Waals surface area (Å²) in [6.45, 7) is 7.07. The van der Waals surface area contributed by atoms with Crippen molar-refractivity contribution in [2.24, 2.45) is 0 Å². The molecular weight excluding hydrogens is 286 g/mol. The van der Waals surface area contributed by atoms with Gasteiger partial charge in [-0.05, 0) is 50.3 Å². The molecule has 4 nitrogen and oxygen atoms in total. The van der Waals surface area contributed by atoms with Crippen LogP contribution in [0.15, 0.2) is 36.8 Å². The Morgan fingerprint density at radius 3 is 1.62 bits per heavy atom. The van der Waals surface area contributed by atoms with Crippen molar-refractivity contribution in [2.45, 2.75) is 52.9 Å². The summed E-state index contributed by atoms with van der Waals surface area (Å²) in [4.78, 5) is 0. The summed E-state index contributed by atoms with van der Waals surface area (Å²) < 4.78 is 31.0. The van der Waals surface area contributed by atoms with Crippen LogP contribution in [0.25, 0.3) is 0 Å². The SMILES string of the molecule is CC/C=C/[N+](/C=C/CC)(/C=C/CC)CCCCS(=O)(=O)O. The lowest BCUT2D eigenvalue weighted by Gasteiger charge is -2.26. The maximum atomic E-state index is 10.8. The lowest BCUT2D eigenvalue weighted by atomic mass is 10.2. The summed E-state index contributed by atoms with van der Waals surface area (Å²) in [6.07, 6.45) is 16.9. The van der Waals surface area contributed by atoms with Gasteiger partial charge in [0.1, 0.15) is 18.6 Å². The summed E-state index contributed by atoms with van der Waals surface area (Å²) in [7, 11) is -3.85. The second-order valence-electron chi connectivity index (χ2n) is 5.09. The fourth-order valence-electron chi connectivity index (χ4n) is 1.95. The van der Waals surface area contributed by atoms with Crippen molar-refractivity contribution in [3.05, 3.63) is 36.8 Å². The number of quaternary nitrogens is 1. The minimum atomic E-state index is -3.85. The van der Waals surface area contributed by atoms with Gasteiger partial charge in [-0.3, -0.25) is 4.55 Å². The van der Waals surface area contributed by atoms with Crippen LogP contribution in [0.4, 0.5) is 0 Å². The van der Waals surface area contributed by atoms with Crippen LogP contribution >= 0.6 is 0 Å². The number of nitrogens with zero attached hydrogens (tertiary/aromatic N) is 1. The number of allylic oxidation sites excluding steroid dienone is 3. The maximum absolute atomic E-state index is 10.8. The van der Waals surface area contributed by atoms with Gasteiger partial charge in [-0.15, -0.1) is 0 Å². The van der Waals surface area contributed by atoms with Crippen molar-refractivity contribution in [2.75, 3.05) is 12.3 Å². The lowest BCUT2D eigenvalue weighted by Crippen LogP contribution is -2.32. The van der Waals surface area contributed by atoms with E-state index in [2.05, 4.69) is 57.6 Å². The number of hydrogen-bond acceptors (Lipinski definition) is 2. The van der Waals surface area contributed by atoms with Crippen molar-refractivity contribution in [3.63, 3.8) is 0 Å². The van der Waals surface area contributed by atoms with E-state index in [9.17, 15) is 8.42 Å². The van der Waals surface area contributed by atoms with Crippen LogP contribution in [0.1, 0.15) is 52.9 Å². The third-order valence-corrected chi connectivity index (χ3v) is 3.86. The third-order valence-electron chi connectivity index (χ3n) is 3.05. The summed E-state index contributed by atoms with van der Waals surface area (Å²) in [6, 6.07) is 0. The first-order valence-corrected chi connectivity index (χ1v) is 9.35. The molecule has 5 heteroatoms. The van der Waals surface area contributed by atoms with E-state index in [0.29, 0.717) is 10.9 Å². The first-order chi connectivity index (χ1) is 9.89. The highest BCUT2D eigenvalue weighted by Gasteiger charge is 2.18. The Kier molecular flexibility index (Phi) is 10.3. The summed E-state index contributed by atoms with van der Waals surface area (Å²) in [5.74, 6) is -0.167. The standard InChI is InChI=1S/C16H29NO3S/c1-4-7-12-17(13-8-5-2,14-9-6-3)15-10-11-16-21(18,19)20/h7-9,12-14H,4-6,10-11,15-16H2,1-3H3/p+1/b12-7+,13-8+,14-9+. The molecule has 21 heavy (non-hydrogen) atoms. The minimum Gasteiger partial charge on any atom is -0.286 e. The van der Waals surface area contributed by atoms with Crippen LogP contribution < -0.4 is 0 Å². The second kappa shape index (κ2) is 10.8. The highest BCUT2D eigenvalue weighted by atomic mass is 32.2. The molecule has 0 aliphatic carbocycles. The van der Waals surface area contributed by atoms with Gasteiger partial charge in [-0.2, -0.15) is 8.42 Å². The first kappa shape index (κ1) is 20.1. The van der Waals surface area contributed by atoms with Crippen molar-refractivity contribution in [3.8, 4) is 0 Å². The van der Waals surface area contributed by atoms with E-state index in [0.717, 1.165) is 32.2 Å². The van der Waals surface area contributed by atoms with Gasteiger partial charge in [0.15, 0.2) is 0 Å². The van der Waals surface area contributed by atoms with Gasteiger partial charge in [0, 0.05) is 0 Å². The second-order valence-corrected chi connectivity index (χ2v) is 6.66. The highest BCUT2D eigenvalue weighted by molar-refractivity contribution is 7.85. The Hall–Kier alpha value is -0.910. The van der Waals surface area contributed by atoms with Crippen LogP contribution in [-0.4, -0.2) is 29.8 Å². The minimum absolute atomic E-state index is 0.167. The van der Waals surface area contributed by atoms with Gasteiger partial charge in [-0.1, -0.05) is 20.8 Å². The largest absolute Gasteiger partial charge is 0.286 e. The van der Waals surface area contributed by atoms with Crippen LogP contribution in [0, 0.1) is 0 Å². The zero-order chi connectivity index (χ0) is 16.2. The van der Waals surface area contributed by atoms with E-state index in [4.69, 9.17) is 4.55 Å². The molecule has 0 aliphatic rings. The summed E-state index contributed by atoms with van der Waals surface area (Å²) in [5, 5.41) is 0. The number of rotatable bonds is 11. The van der Waals surface area contributed by atoms with Crippen molar-refractivity contribution < 1.29 is 17.5 Å². The molecule has 0 rings (SSSR count). The summed E-state index contributed by atoms with van der Waals surface area (Å²) in [5.41, 5.74) is 0. The molecule has 0 aromatic carbocycles. The molecule has 0 amide bonds. The maximum Gasteiger partial charge on any atom is 0.264 e. The van der Waals surface area contributed by atoms with Gasteiger partial charge in [0.25, 0.3) is 10.1 Å². The Morgan fingerprint density at radius 2 is 1.29 bits per heavy atom. The van der Waals surface area contributed by atoms with Gasteiger partial charge in [-0.25, -0.2) is 4.48 Å². The molecule has 1 N–H and O–H groups in total. The van der Waals surface area contributed by atoms with Crippen LogP contribution in [0.2, 0.25) is 0 Å². The van der Waals surface area contributed by atoms with Crippen molar-refractivity contribution >= 4 is 10.1 Å². The Morgan fingerprint density at radius 1 is 0.857 bits per heavy atom. The topological polar surface area (TPSA) is 54.4 Å². The fraction of sp³-hybridized carbons (Fsp3) is 0.625. The molecule has 0 bridgehead atoms. The van der Waals surface area contributed by atoms with Gasteiger partial charge < -0.3 is 0 Å². The molecule has 0 spiro atoms. The zero-order valence-electron chi connectivity index (χ0n) is 13.5. The Balaban J connectivity index is 4.93. The highest BCUT2D eigenvalue weighted by Crippen LogP contribution is 2.16. The molecule has 0 aromatic rings. The van der Waals surface area contributed by atoms with Crippen LogP contribution in [0.5, 0.6) is 0 Å².